The fourth-order valence-corrected chi connectivity index (χ4v) is 5.14. The molecule has 1 aliphatic carbocycles. The monoisotopic (exact) mass is 327 g/mol. The van der Waals surface area contributed by atoms with Crippen LogP contribution in [0.4, 0.5) is 0 Å². The molecule has 1 aliphatic heterocycles. The van der Waals surface area contributed by atoms with Gasteiger partial charge in [-0.1, -0.05) is 48.5 Å². The molecular weight excluding hydrogens is 314 g/mol. The standard InChI is InChI=1S/C17H13NO4S/c19-15-9-14(17(20)18(15)21)23(22)16-12-7-3-1-5-10(12)11-6-2-4-8-13(11)16/h1-8,14,16,21H,9H2. The second kappa shape index (κ2) is 5.11. The summed E-state index contributed by atoms with van der Waals surface area (Å²) in [6, 6.07) is 15.3. The van der Waals surface area contributed by atoms with Crippen molar-refractivity contribution in [3.05, 3.63) is 59.7 Å². The minimum atomic E-state index is -1.64. The van der Waals surface area contributed by atoms with E-state index in [9.17, 15) is 19.0 Å². The smallest absolute Gasteiger partial charge is 0.269 e. The maximum absolute atomic E-state index is 13.1. The van der Waals surface area contributed by atoms with Gasteiger partial charge in [-0.05, 0) is 22.3 Å². The third kappa shape index (κ3) is 1.99. The minimum Gasteiger partial charge on any atom is -0.278 e. The molecule has 2 amide bonds. The number of amides is 2. The van der Waals surface area contributed by atoms with E-state index in [1.165, 1.54) is 0 Å². The number of nitrogens with zero attached hydrogens (tertiary/aromatic N) is 1. The lowest BCUT2D eigenvalue weighted by molar-refractivity contribution is -0.170. The van der Waals surface area contributed by atoms with Crippen LogP contribution in [0.25, 0.3) is 11.1 Å². The second-order valence-electron chi connectivity index (χ2n) is 5.62. The van der Waals surface area contributed by atoms with Gasteiger partial charge in [-0.3, -0.25) is 19.0 Å². The Morgan fingerprint density at radius 3 is 1.96 bits per heavy atom. The van der Waals surface area contributed by atoms with E-state index in [4.69, 9.17) is 0 Å². The fraction of sp³-hybridized carbons (Fsp3) is 0.176. The van der Waals surface area contributed by atoms with Crippen LogP contribution in [0.1, 0.15) is 22.8 Å². The third-order valence-electron chi connectivity index (χ3n) is 4.37. The van der Waals surface area contributed by atoms with Crippen LogP contribution < -0.4 is 0 Å². The van der Waals surface area contributed by atoms with Crippen molar-refractivity contribution in [1.82, 2.24) is 5.06 Å². The number of hydrogen-bond acceptors (Lipinski definition) is 4. The number of imide groups is 1. The molecule has 1 heterocycles. The van der Waals surface area contributed by atoms with E-state index < -0.39 is 33.1 Å². The molecular formula is C17H13NO4S. The number of carbonyl (C=O) groups is 2. The normalized spacial score (nSPS) is 21.4. The average molecular weight is 327 g/mol. The van der Waals surface area contributed by atoms with Gasteiger partial charge in [0.1, 0.15) is 5.25 Å². The van der Waals surface area contributed by atoms with Gasteiger partial charge in [0, 0.05) is 10.8 Å². The summed E-state index contributed by atoms with van der Waals surface area (Å²) in [5.74, 6) is -1.48. The van der Waals surface area contributed by atoms with Gasteiger partial charge >= 0.3 is 0 Å². The van der Waals surface area contributed by atoms with Crippen molar-refractivity contribution in [2.45, 2.75) is 16.9 Å². The van der Waals surface area contributed by atoms with Gasteiger partial charge in [0.25, 0.3) is 11.8 Å². The van der Waals surface area contributed by atoms with Crippen LogP contribution >= 0.6 is 0 Å². The first-order valence-electron chi connectivity index (χ1n) is 7.23. The van der Waals surface area contributed by atoms with Gasteiger partial charge in [0.05, 0.1) is 11.7 Å². The number of rotatable bonds is 2. The molecule has 4 rings (SSSR count). The molecule has 23 heavy (non-hydrogen) atoms. The maximum Gasteiger partial charge on any atom is 0.269 e. The zero-order valence-electron chi connectivity index (χ0n) is 12.0. The van der Waals surface area contributed by atoms with Crippen molar-refractivity contribution in [1.29, 1.82) is 0 Å². The number of benzene rings is 2. The van der Waals surface area contributed by atoms with Crippen molar-refractivity contribution < 1.29 is 19.0 Å². The molecule has 116 valence electrons. The van der Waals surface area contributed by atoms with E-state index in [0.29, 0.717) is 0 Å². The lowest BCUT2D eigenvalue weighted by Gasteiger charge is -2.16. The van der Waals surface area contributed by atoms with Gasteiger partial charge < -0.3 is 0 Å². The summed E-state index contributed by atoms with van der Waals surface area (Å²) in [5, 5.41) is 8.05. The molecule has 1 fully saturated rings. The summed E-state index contributed by atoms with van der Waals surface area (Å²) in [6.07, 6.45) is -0.219. The first-order chi connectivity index (χ1) is 11.1. The zero-order chi connectivity index (χ0) is 16.1. The fourth-order valence-electron chi connectivity index (χ4n) is 3.30. The van der Waals surface area contributed by atoms with Crippen LogP contribution in [0.5, 0.6) is 0 Å². The average Bonchev–Trinajstić information content (AvgIpc) is 3.04. The maximum atomic E-state index is 13.1. The molecule has 1 saturated heterocycles. The van der Waals surface area contributed by atoms with Crippen LogP contribution in [0.15, 0.2) is 48.5 Å². The van der Waals surface area contributed by atoms with Crippen molar-refractivity contribution >= 4 is 22.6 Å². The highest BCUT2D eigenvalue weighted by Crippen LogP contribution is 2.47. The van der Waals surface area contributed by atoms with E-state index in [-0.39, 0.29) is 11.5 Å². The van der Waals surface area contributed by atoms with E-state index in [2.05, 4.69) is 0 Å². The molecule has 2 aromatic rings. The molecule has 6 heteroatoms. The van der Waals surface area contributed by atoms with E-state index in [0.717, 1.165) is 22.3 Å². The van der Waals surface area contributed by atoms with Gasteiger partial charge in [0.2, 0.25) is 0 Å². The topological polar surface area (TPSA) is 74.7 Å². The SMILES string of the molecule is O=C1CC(S(=O)C2c3ccccc3-c3ccccc32)C(=O)N1O. The number of hydrogen-bond donors (Lipinski definition) is 1. The van der Waals surface area contributed by atoms with Gasteiger partial charge in [-0.15, -0.1) is 0 Å². The molecule has 0 radical (unpaired) electrons. The molecule has 0 bridgehead atoms. The summed E-state index contributed by atoms with van der Waals surface area (Å²) in [5.41, 5.74) is 3.78. The van der Waals surface area contributed by atoms with Crippen LogP contribution in [0.3, 0.4) is 0 Å². The Balaban J connectivity index is 1.82. The van der Waals surface area contributed by atoms with Crippen LogP contribution in [-0.2, 0) is 20.4 Å². The van der Waals surface area contributed by atoms with Crippen molar-refractivity contribution in [2.75, 3.05) is 0 Å². The Morgan fingerprint density at radius 1 is 0.957 bits per heavy atom. The molecule has 0 aromatic heterocycles. The third-order valence-corrected chi connectivity index (χ3v) is 6.27. The van der Waals surface area contributed by atoms with Crippen molar-refractivity contribution in [3.63, 3.8) is 0 Å². The zero-order valence-corrected chi connectivity index (χ0v) is 12.8. The first-order valence-corrected chi connectivity index (χ1v) is 8.50. The number of hydroxylamine groups is 2. The molecule has 0 spiro atoms. The van der Waals surface area contributed by atoms with Gasteiger partial charge in [0.15, 0.2) is 0 Å². The van der Waals surface area contributed by atoms with Gasteiger partial charge in [-0.2, -0.15) is 5.06 Å². The molecule has 2 aromatic carbocycles. The van der Waals surface area contributed by atoms with Crippen LogP contribution in [0.2, 0.25) is 0 Å². The summed E-state index contributed by atoms with van der Waals surface area (Å²) >= 11 is 0. The Kier molecular flexibility index (Phi) is 3.18. The van der Waals surface area contributed by atoms with E-state index in [1.807, 2.05) is 48.5 Å². The second-order valence-corrected chi connectivity index (χ2v) is 7.32. The van der Waals surface area contributed by atoms with Crippen molar-refractivity contribution in [2.24, 2.45) is 0 Å². The molecule has 2 unspecified atom stereocenters. The molecule has 2 atom stereocenters. The van der Waals surface area contributed by atoms with Crippen LogP contribution in [-0.4, -0.2) is 31.5 Å². The Morgan fingerprint density at radius 2 is 1.48 bits per heavy atom. The highest BCUT2D eigenvalue weighted by atomic mass is 32.2. The minimum absolute atomic E-state index is 0.0926. The highest BCUT2D eigenvalue weighted by Gasteiger charge is 2.46. The molecule has 5 nitrogen and oxygen atoms in total. The quantitative estimate of drug-likeness (QED) is 0.676. The molecule has 0 saturated carbocycles. The van der Waals surface area contributed by atoms with E-state index >= 15 is 0 Å². The number of fused-ring (bicyclic) bond motifs is 3. The predicted molar refractivity (Wildman–Crippen MR) is 83.9 cm³/mol. The summed E-state index contributed by atoms with van der Waals surface area (Å²) in [6.45, 7) is 0. The van der Waals surface area contributed by atoms with E-state index in [1.54, 1.807) is 0 Å². The van der Waals surface area contributed by atoms with Crippen LogP contribution in [0, 0.1) is 0 Å². The lowest BCUT2D eigenvalue weighted by atomic mass is 10.1. The van der Waals surface area contributed by atoms with Gasteiger partial charge in [-0.25, -0.2) is 0 Å². The van der Waals surface area contributed by atoms with Crippen molar-refractivity contribution in [3.8, 4) is 11.1 Å². The Hall–Kier alpha value is -2.31. The summed E-state index contributed by atoms with van der Waals surface area (Å²) < 4.78 is 13.1. The predicted octanol–water partition coefficient (Wildman–Crippen LogP) is 2.02. The first kappa shape index (κ1) is 14.3. The summed E-state index contributed by atoms with van der Waals surface area (Å²) in [7, 11) is -1.64. The number of carbonyl (C=O) groups excluding carboxylic acids is 2. The largest absolute Gasteiger partial charge is 0.278 e. The Labute approximate surface area is 135 Å². The summed E-state index contributed by atoms with van der Waals surface area (Å²) in [4.78, 5) is 23.5. The lowest BCUT2D eigenvalue weighted by Crippen LogP contribution is -2.32. The highest BCUT2D eigenvalue weighted by molar-refractivity contribution is 7.87. The molecule has 1 N–H and O–H groups in total. The Bertz CT molecular complexity index is 818. The molecule has 2 aliphatic rings.